The lowest BCUT2D eigenvalue weighted by molar-refractivity contribution is -0.127. The lowest BCUT2D eigenvalue weighted by atomic mass is 10.0. The summed E-state index contributed by atoms with van der Waals surface area (Å²) < 4.78 is 5.96. The molecule has 1 heterocycles. The van der Waals surface area contributed by atoms with Crippen LogP contribution in [0.15, 0.2) is 71.6 Å². The third-order valence-electron chi connectivity index (χ3n) is 4.80. The number of fused-ring (bicyclic) bond motifs is 1. The van der Waals surface area contributed by atoms with Gasteiger partial charge in [0.1, 0.15) is 12.3 Å². The molecule has 1 aliphatic heterocycles. The van der Waals surface area contributed by atoms with Crippen LogP contribution in [0.2, 0.25) is 0 Å². The minimum atomic E-state index is -0.494. The van der Waals surface area contributed by atoms with Crippen molar-refractivity contribution in [1.82, 2.24) is 4.90 Å². The Hall–Kier alpha value is -3.58. The normalized spacial score (nSPS) is 15.1. The van der Waals surface area contributed by atoms with Crippen LogP contribution in [0, 0.1) is 0 Å². The number of thioether (sulfide) groups is 1. The molecule has 4 rings (SSSR count). The summed E-state index contributed by atoms with van der Waals surface area (Å²) in [4.78, 5) is 39.1. The molecular weight excluding hydrogens is 424 g/mol. The van der Waals surface area contributed by atoms with Gasteiger partial charge in [-0.1, -0.05) is 48.5 Å². The molecule has 0 aliphatic carbocycles. The number of imide groups is 1. The molecule has 3 amide bonds. The first-order valence-corrected chi connectivity index (χ1v) is 11.0. The Balaban J connectivity index is 1.61. The Morgan fingerprint density at radius 2 is 1.75 bits per heavy atom. The monoisotopic (exact) mass is 446 g/mol. The van der Waals surface area contributed by atoms with Crippen molar-refractivity contribution >= 4 is 51.4 Å². The molecule has 6 nitrogen and oxygen atoms in total. The summed E-state index contributed by atoms with van der Waals surface area (Å²) in [5, 5.41) is 4.13. The smallest absolute Gasteiger partial charge is 0.294 e. The number of nitrogens with zero attached hydrogens (tertiary/aromatic N) is 1. The quantitative estimate of drug-likeness (QED) is 0.520. The second-order valence-corrected chi connectivity index (χ2v) is 8.54. The highest BCUT2D eigenvalue weighted by molar-refractivity contribution is 8.18. The van der Waals surface area contributed by atoms with Crippen LogP contribution in [0.3, 0.4) is 0 Å². The fraction of sp³-hybridized carbons (Fsp3) is 0.160. The van der Waals surface area contributed by atoms with Crippen molar-refractivity contribution < 1.29 is 19.1 Å². The van der Waals surface area contributed by atoms with Crippen molar-refractivity contribution in [3.8, 4) is 5.75 Å². The Morgan fingerprint density at radius 1 is 1.03 bits per heavy atom. The van der Waals surface area contributed by atoms with Crippen LogP contribution >= 0.6 is 11.8 Å². The van der Waals surface area contributed by atoms with Crippen LogP contribution in [0.1, 0.15) is 19.4 Å². The van der Waals surface area contributed by atoms with Gasteiger partial charge in [0.2, 0.25) is 5.91 Å². The minimum absolute atomic E-state index is 0.0555. The molecule has 0 saturated carbocycles. The Morgan fingerprint density at radius 3 is 2.50 bits per heavy atom. The van der Waals surface area contributed by atoms with E-state index in [9.17, 15) is 14.4 Å². The molecule has 0 unspecified atom stereocenters. The lowest BCUT2D eigenvalue weighted by Crippen LogP contribution is -2.36. The minimum Gasteiger partial charge on any atom is -0.490 e. The molecule has 0 radical (unpaired) electrons. The van der Waals surface area contributed by atoms with E-state index in [0.717, 1.165) is 33.0 Å². The lowest BCUT2D eigenvalue weighted by Gasteiger charge is -2.15. The zero-order valence-electron chi connectivity index (χ0n) is 17.7. The fourth-order valence-electron chi connectivity index (χ4n) is 3.41. The van der Waals surface area contributed by atoms with E-state index in [-0.39, 0.29) is 17.6 Å². The Kier molecular flexibility index (Phi) is 6.28. The van der Waals surface area contributed by atoms with E-state index in [1.54, 1.807) is 30.3 Å². The average molecular weight is 447 g/mol. The number of nitrogens with one attached hydrogen (secondary N) is 1. The molecule has 0 bridgehead atoms. The van der Waals surface area contributed by atoms with Gasteiger partial charge >= 0.3 is 0 Å². The van der Waals surface area contributed by atoms with E-state index in [2.05, 4.69) is 5.32 Å². The van der Waals surface area contributed by atoms with Gasteiger partial charge in [-0.25, -0.2) is 0 Å². The van der Waals surface area contributed by atoms with Gasteiger partial charge in [-0.05, 0) is 60.7 Å². The molecular formula is C25H22N2O4S. The molecule has 0 atom stereocenters. The van der Waals surface area contributed by atoms with Crippen molar-refractivity contribution in [2.24, 2.45) is 0 Å². The summed E-state index contributed by atoms with van der Waals surface area (Å²) in [5.41, 5.74) is 1.34. The number of hydrogen-bond acceptors (Lipinski definition) is 5. The van der Waals surface area contributed by atoms with E-state index >= 15 is 0 Å². The van der Waals surface area contributed by atoms with E-state index in [0.29, 0.717) is 11.4 Å². The average Bonchev–Trinajstić information content (AvgIpc) is 3.03. The van der Waals surface area contributed by atoms with Gasteiger partial charge in [0.15, 0.2) is 0 Å². The van der Waals surface area contributed by atoms with E-state index in [1.165, 1.54) is 0 Å². The zero-order chi connectivity index (χ0) is 22.7. The predicted molar refractivity (Wildman–Crippen MR) is 127 cm³/mol. The molecule has 32 heavy (non-hydrogen) atoms. The molecule has 1 aliphatic rings. The van der Waals surface area contributed by atoms with Crippen molar-refractivity contribution in [2.75, 3.05) is 11.9 Å². The van der Waals surface area contributed by atoms with Crippen LogP contribution < -0.4 is 10.1 Å². The first kappa shape index (κ1) is 21.6. The highest BCUT2D eigenvalue weighted by Gasteiger charge is 2.36. The van der Waals surface area contributed by atoms with E-state index < -0.39 is 17.1 Å². The standard InChI is InChI=1S/C25H22N2O4S/c1-16(2)31-21-13-12-17-8-6-7-11-19(17)20(21)14-22-24(29)27(25(30)32-22)15-23(28)26-18-9-4-3-5-10-18/h3-14,16H,15H2,1-2H3,(H,26,28)/b22-14-. The van der Waals surface area contributed by atoms with Crippen LogP contribution in [0.5, 0.6) is 5.75 Å². The van der Waals surface area contributed by atoms with Crippen molar-refractivity contribution in [2.45, 2.75) is 20.0 Å². The van der Waals surface area contributed by atoms with Gasteiger partial charge < -0.3 is 10.1 Å². The first-order valence-electron chi connectivity index (χ1n) is 10.2. The SMILES string of the molecule is CC(C)Oc1ccc2ccccc2c1/C=C1\SC(=O)N(CC(=O)Nc2ccccc2)C1=O. The Bertz CT molecular complexity index is 1220. The van der Waals surface area contributed by atoms with Crippen LogP contribution in [-0.4, -0.2) is 34.6 Å². The summed E-state index contributed by atoms with van der Waals surface area (Å²) in [7, 11) is 0. The second-order valence-electron chi connectivity index (χ2n) is 7.55. The number of para-hydroxylation sites is 1. The topological polar surface area (TPSA) is 75.7 Å². The predicted octanol–water partition coefficient (Wildman–Crippen LogP) is 5.30. The van der Waals surface area contributed by atoms with Gasteiger partial charge in [-0.2, -0.15) is 0 Å². The molecule has 0 aromatic heterocycles. The third kappa shape index (κ3) is 4.68. The number of ether oxygens (including phenoxy) is 1. The van der Waals surface area contributed by atoms with Gasteiger partial charge in [-0.15, -0.1) is 0 Å². The van der Waals surface area contributed by atoms with Gasteiger partial charge in [-0.3, -0.25) is 19.3 Å². The van der Waals surface area contributed by atoms with Crippen molar-refractivity contribution in [3.05, 3.63) is 77.2 Å². The van der Waals surface area contributed by atoms with Gasteiger partial charge in [0, 0.05) is 11.3 Å². The molecule has 162 valence electrons. The zero-order valence-corrected chi connectivity index (χ0v) is 18.5. The number of rotatable bonds is 6. The molecule has 1 saturated heterocycles. The van der Waals surface area contributed by atoms with Crippen LogP contribution in [0.4, 0.5) is 10.5 Å². The summed E-state index contributed by atoms with van der Waals surface area (Å²) in [6, 6.07) is 20.5. The molecule has 0 spiro atoms. The van der Waals surface area contributed by atoms with Gasteiger partial charge in [0.05, 0.1) is 11.0 Å². The molecule has 3 aromatic rings. The Labute approximate surface area is 190 Å². The van der Waals surface area contributed by atoms with Crippen molar-refractivity contribution in [1.29, 1.82) is 0 Å². The number of anilines is 1. The molecule has 3 aromatic carbocycles. The number of benzene rings is 3. The van der Waals surface area contributed by atoms with E-state index in [1.807, 2.05) is 56.3 Å². The molecule has 7 heteroatoms. The van der Waals surface area contributed by atoms with Crippen molar-refractivity contribution in [3.63, 3.8) is 0 Å². The maximum absolute atomic E-state index is 13.0. The maximum atomic E-state index is 13.0. The fourth-order valence-corrected chi connectivity index (χ4v) is 4.23. The summed E-state index contributed by atoms with van der Waals surface area (Å²) >= 11 is 0.824. The van der Waals surface area contributed by atoms with Crippen LogP contribution in [-0.2, 0) is 9.59 Å². The highest BCUT2D eigenvalue weighted by atomic mass is 32.2. The molecule has 1 fully saturated rings. The largest absolute Gasteiger partial charge is 0.490 e. The van der Waals surface area contributed by atoms with Gasteiger partial charge in [0.25, 0.3) is 11.1 Å². The number of carbonyl (C=O) groups is 3. The third-order valence-corrected chi connectivity index (χ3v) is 5.71. The highest BCUT2D eigenvalue weighted by Crippen LogP contribution is 2.37. The van der Waals surface area contributed by atoms with Crippen LogP contribution in [0.25, 0.3) is 16.8 Å². The van der Waals surface area contributed by atoms with E-state index in [4.69, 9.17) is 4.74 Å². The summed E-state index contributed by atoms with van der Waals surface area (Å²) in [6.07, 6.45) is 1.63. The number of amides is 3. The number of hydrogen-bond donors (Lipinski definition) is 1. The summed E-state index contributed by atoms with van der Waals surface area (Å²) in [6.45, 7) is 3.51. The first-order chi connectivity index (χ1) is 15.4. The molecule has 1 N–H and O–H groups in total. The maximum Gasteiger partial charge on any atom is 0.294 e. The summed E-state index contributed by atoms with van der Waals surface area (Å²) in [5.74, 6) is -0.298. The second kappa shape index (κ2) is 9.28. The number of carbonyl (C=O) groups excluding carboxylic acids is 3.